The normalized spacial score (nSPS) is 10.1. The number of ether oxygens (including phenoxy) is 3. The lowest BCUT2D eigenvalue weighted by atomic mass is 10.1. The van der Waals surface area contributed by atoms with E-state index in [1.54, 1.807) is 43.5 Å². The molecule has 34 heavy (non-hydrogen) atoms. The summed E-state index contributed by atoms with van der Waals surface area (Å²) in [6.45, 7) is -0.113. The smallest absolute Gasteiger partial charge is 0.338 e. The molecule has 0 radical (unpaired) electrons. The number of anilines is 1. The summed E-state index contributed by atoms with van der Waals surface area (Å²) in [4.78, 5) is 36.1. The van der Waals surface area contributed by atoms with Gasteiger partial charge in [-0.15, -0.1) is 0 Å². The maximum atomic E-state index is 12.2. The van der Waals surface area contributed by atoms with Crippen molar-refractivity contribution in [3.8, 4) is 11.5 Å². The van der Waals surface area contributed by atoms with Crippen LogP contribution in [0, 0.1) is 0 Å². The highest BCUT2D eigenvalue weighted by Gasteiger charge is 2.11. The number of nitrogens with one attached hydrogen (secondary N) is 2. The zero-order chi connectivity index (χ0) is 24.2. The van der Waals surface area contributed by atoms with Gasteiger partial charge in [-0.1, -0.05) is 36.4 Å². The Morgan fingerprint density at radius 1 is 0.794 bits per heavy atom. The molecule has 3 aromatic carbocycles. The Morgan fingerprint density at radius 2 is 1.56 bits per heavy atom. The van der Waals surface area contributed by atoms with E-state index in [0.29, 0.717) is 30.2 Å². The minimum absolute atomic E-state index is 0.204. The molecule has 0 heterocycles. The second kappa shape index (κ2) is 12.6. The van der Waals surface area contributed by atoms with E-state index >= 15 is 0 Å². The maximum absolute atomic E-state index is 12.2. The van der Waals surface area contributed by atoms with Crippen LogP contribution in [0.2, 0.25) is 0 Å². The highest BCUT2D eigenvalue weighted by molar-refractivity contribution is 5.92. The van der Waals surface area contributed by atoms with Crippen molar-refractivity contribution in [1.82, 2.24) is 5.32 Å². The fourth-order valence-electron chi connectivity index (χ4n) is 2.99. The minimum atomic E-state index is -0.625. The van der Waals surface area contributed by atoms with Crippen molar-refractivity contribution in [3.63, 3.8) is 0 Å². The Morgan fingerprint density at radius 3 is 2.29 bits per heavy atom. The lowest BCUT2D eigenvalue weighted by molar-refractivity contribution is -0.124. The highest BCUT2D eigenvalue weighted by atomic mass is 16.5. The van der Waals surface area contributed by atoms with E-state index in [4.69, 9.17) is 14.2 Å². The van der Waals surface area contributed by atoms with Crippen LogP contribution < -0.4 is 20.1 Å². The minimum Gasteiger partial charge on any atom is -0.497 e. The third kappa shape index (κ3) is 7.98. The molecule has 2 amide bonds. The van der Waals surface area contributed by atoms with E-state index in [-0.39, 0.29) is 30.6 Å². The second-order valence-corrected chi connectivity index (χ2v) is 7.25. The molecule has 0 saturated carbocycles. The van der Waals surface area contributed by atoms with E-state index in [0.717, 1.165) is 5.56 Å². The largest absolute Gasteiger partial charge is 0.497 e. The Kier molecular flexibility index (Phi) is 9.04. The molecule has 8 nitrogen and oxygen atoms in total. The first-order chi connectivity index (χ1) is 16.5. The first kappa shape index (κ1) is 24.3. The number of esters is 1. The van der Waals surface area contributed by atoms with Crippen LogP contribution in [0.3, 0.4) is 0 Å². The molecule has 0 aliphatic heterocycles. The third-order valence-corrected chi connectivity index (χ3v) is 4.73. The zero-order valence-corrected chi connectivity index (χ0v) is 18.8. The van der Waals surface area contributed by atoms with Crippen LogP contribution >= 0.6 is 0 Å². The number of benzene rings is 3. The quantitative estimate of drug-likeness (QED) is 0.424. The van der Waals surface area contributed by atoms with Gasteiger partial charge in [-0.3, -0.25) is 9.59 Å². The summed E-state index contributed by atoms with van der Waals surface area (Å²) < 4.78 is 15.6. The van der Waals surface area contributed by atoms with Gasteiger partial charge in [0.1, 0.15) is 11.5 Å². The topological polar surface area (TPSA) is 103 Å². The Balaban J connectivity index is 1.37. The van der Waals surface area contributed by atoms with E-state index in [1.165, 1.54) is 12.1 Å². The van der Waals surface area contributed by atoms with Gasteiger partial charge in [0.05, 0.1) is 12.7 Å². The molecule has 0 atom stereocenters. The Bertz CT molecular complexity index is 1100. The van der Waals surface area contributed by atoms with Gasteiger partial charge in [-0.25, -0.2) is 4.79 Å². The maximum Gasteiger partial charge on any atom is 0.338 e. The van der Waals surface area contributed by atoms with Crippen molar-refractivity contribution in [3.05, 3.63) is 90.0 Å². The highest BCUT2D eigenvalue weighted by Crippen LogP contribution is 2.17. The molecule has 0 fully saturated rings. The van der Waals surface area contributed by atoms with E-state index in [2.05, 4.69) is 10.6 Å². The van der Waals surface area contributed by atoms with Crippen molar-refractivity contribution in [1.29, 1.82) is 0 Å². The predicted octanol–water partition coefficient (Wildman–Crippen LogP) is 3.23. The molecule has 0 aliphatic carbocycles. The SMILES string of the molecule is COc1cccc(NC(=O)COc2ccc(C(=O)OCC(=O)NCCc3ccccc3)cc2)c1. The number of carbonyl (C=O) groups is 3. The molecular formula is C26H26N2O6. The second-order valence-electron chi connectivity index (χ2n) is 7.25. The molecule has 0 aromatic heterocycles. The van der Waals surface area contributed by atoms with Crippen LogP contribution in [0.4, 0.5) is 5.69 Å². The molecule has 0 aliphatic rings. The van der Waals surface area contributed by atoms with E-state index in [1.807, 2.05) is 30.3 Å². The van der Waals surface area contributed by atoms with Crippen LogP contribution in [0.25, 0.3) is 0 Å². The first-order valence-electron chi connectivity index (χ1n) is 10.7. The number of hydrogen-bond acceptors (Lipinski definition) is 6. The van der Waals surface area contributed by atoms with Crippen molar-refractivity contribution < 1.29 is 28.6 Å². The van der Waals surface area contributed by atoms with Crippen LogP contribution in [0.5, 0.6) is 11.5 Å². The molecule has 2 N–H and O–H groups in total. The third-order valence-electron chi connectivity index (χ3n) is 4.73. The van der Waals surface area contributed by atoms with Crippen LogP contribution in [-0.4, -0.2) is 44.7 Å². The summed E-state index contributed by atoms with van der Waals surface area (Å²) >= 11 is 0. The number of amides is 2. The van der Waals surface area contributed by atoms with E-state index < -0.39 is 5.97 Å². The van der Waals surface area contributed by atoms with Crippen LogP contribution in [0.15, 0.2) is 78.9 Å². The van der Waals surface area contributed by atoms with E-state index in [9.17, 15) is 14.4 Å². The van der Waals surface area contributed by atoms with Crippen molar-refractivity contribution in [2.24, 2.45) is 0 Å². The molecule has 0 spiro atoms. The van der Waals surface area contributed by atoms with Gasteiger partial charge >= 0.3 is 5.97 Å². The number of rotatable bonds is 11. The average Bonchev–Trinajstić information content (AvgIpc) is 2.87. The lowest BCUT2D eigenvalue weighted by Gasteiger charge is -2.09. The number of hydrogen-bond donors (Lipinski definition) is 2. The van der Waals surface area contributed by atoms with Gasteiger partial charge in [0.15, 0.2) is 13.2 Å². The molecule has 0 bridgehead atoms. The fraction of sp³-hybridized carbons (Fsp3) is 0.192. The Hall–Kier alpha value is -4.33. The van der Waals surface area contributed by atoms with Crippen molar-refractivity contribution in [2.45, 2.75) is 6.42 Å². The van der Waals surface area contributed by atoms with Gasteiger partial charge in [0.25, 0.3) is 11.8 Å². The van der Waals surface area contributed by atoms with Gasteiger partial charge in [-0.05, 0) is 48.4 Å². The van der Waals surface area contributed by atoms with Gasteiger partial charge in [0.2, 0.25) is 0 Å². The van der Waals surface area contributed by atoms with Gasteiger partial charge < -0.3 is 24.8 Å². The van der Waals surface area contributed by atoms with Gasteiger partial charge in [0, 0.05) is 18.3 Å². The molecule has 8 heteroatoms. The Labute approximate surface area is 197 Å². The first-order valence-corrected chi connectivity index (χ1v) is 10.7. The average molecular weight is 463 g/mol. The summed E-state index contributed by atoms with van der Waals surface area (Å²) in [5, 5.41) is 5.43. The summed E-state index contributed by atoms with van der Waals surface area (Å²) in [7, 11) is 1.55. The standard InChI is InChI=1S/C26H26N2O6/c1-32-23-9-5-8-21(16-23)28-25(30)18-33-22-12-10-20(11-13-22)26(31)34-17-24(29)27-15-14-19-6-3-2-4-7-19/h2-13,16H,14-15,17-18H2,1H3,(H,27,29)(H,28,30). The lowest BCUT2D eigenvalue weighted by Crippen LogP contribution is -2.30. The summed E-state index contributed by atoms with van der Waals surface area (Å²) in [6, 6.07) is 22.9. The van der Waals surface area contributed by atoms with Crippen LogP contribution in [-0.2, 0) is 20.7 Å². The molecule has 0 unspecified atom stereocenters. The summed E-state index contributed by atoms with van der Waals surface area (Å²) in [5.41, 5.74) is 1.97. The molecule has 3 rings (SSSR count). The monoisotopic (exact) mass is 462 g/mol. The summed E-state index contributed by atoms with van der Waals surface area (Å²) in [5.74, 6) is -0.288. The molecular weight excluding hydrogens is 436 g/mol. The van der Waals surface area contributed by atoms with Crippen LogP contribution in [0.1, 0.15) is 15.9 Å². The fourth-order valence-corrected chi connectivity index (χ4v) is 2.99. The molecule has 0 saturated heterocycles. The molecule has 3 aromatic rings. The number of methoxy groups -OCH3 is 1. The number of carbonyl (C=O) groups excluding carboxylic acids is 3. The summed E-state index contributed by atoms with van der Waals surface area (Å²) in [6.07, 6.45) is 0.694. The van der Waals surface area contributed by atoms with Crippen molar-refractivity contribution >= 4 is 23.5 Å². The molecule has 176 valence electrons. The predicted molar refractivity (Wildman–Crippen MR) is 127 cm³/mol. The van der Waals surface area contributed by atoms with Crippen molar-refractivity contribution in [2.75, 3.05) is 32.2 Å². The van der Waals surface area contributed by atoms with Gasteiger partial charge in [-0.2, -0.15) is 0 Å². The zero-order valence-electron chi connectivity index (χ0n) is 18.8.